The van der Waals surface area contributed by atoms with Gasteiger partial charge in [0, 0.05) is 443 Å². The molecule has 0 N–H and O–H groups in total. The number of unbranched alkanes of at least 4 members (excludes halogenated alkanes) is 16. The van der Waals surface area contributed by atoms with Gasteiger partial charge in [-0.25, -0.2) is 0 Å². The van der Waals surface area contributed by atoms with Crippen LogP contribution >= 0.6 is 0 Å². The van der Waals surface area contributed by atoms with E-state index in [0.717, 1.165) is 89.9 Å². The summed E-state index contributed by atoms with van der Waals surface area (Å²) >= 11 is 0. The van der Waals surface area contributed by atoms with Gasteiger partial charge in [-0.1, -0.05) is 117 Å². The number of ketones is 2. The average Bonchev–Trinajstić information content (AvgIpc) is 0.774. The molecule has 0 fully saturated rings. The topological polar surface area (TPSA) is 86.7 Å². The van der Waals surface area contributed by atoms with E-state index in [2.05, 4.69) is 37.8 Å². The molecule has 0 aromatic rings. The summed E-state index contributed by atoms with van der Waals surface area (Å²) in [5, 5.41) is 0. The van der Waals surface area contributed by atoms with Crippen molar-refractivity contribution in [3.05, 3.63) is 12.2 Å². The molecule has 0 aliphatic heterocycles. The Morgan fingerprint density at radius 1 is 0.278 bits per heavy atom. The summed E-state index contributed by atoms with van der Waals surface area (Å²) in [7, 11) is 188. The van der Waals surface area contributed by atoms with Gasteiger partial charge in [-0.15, -0.1) is 11.8 Å². The summed E-state index contributed by atoms with van der Waals surface area (Å²) in [4.78, 5) is 46.6. The molecule has 0 unspecified atom stereocenters. The lowest BCUT2D eigenvalue weighted by molar-refractivity contribution is -0.154. The number of carbonyl (C=O) groups is 4. The molecule has 63 radical (unpaired) electrons. The van der Waals surface area contributed by atoms with Gasteiger partial charge in [-0.05, 0) is 120 Å². The molecule has 0 bridgehead atoms. The first kappa shape index (κ1) is 123. The van der Waals surface area contributed by atoms with Crippen molar-refractivity contribution in [2.24, 2.45) is 21.7 Å². The van der Waals surface area contributed by atoms with Crippen LogP contribution in [0.4, 0.5) is 0 Å². The third-order valence-electron chi connectivity index (χ3n) is 22.7. The molecule has 0 amide bonds. The molecule has 0 aromatic carbocycles. The molecule has 65 heteroatoms. The van der Waals surface area contributed by atoms with Crippen LogP contribution in [0.5, 0.6) is 0 Å². The summed E-state index contributed by atoms with van der Waals surface area (Å²) in [6.45, 7) is 24.1. The molecule has 0 aliphatic carbocycles. The van der Waals surface area contributed by atoms with Gasteiger partial charge in [-0.3, -0.25) is 19.2 Å². The van der Waals surface area contributed by atoms with E-state index >= 15 is 0 Å². The van der Waals surface area contributed by atoms with Gasteiger partial charge in [-0.2, -0.15) is 0 Å². The van der Waals surface area contributed by atoms with Gasteiger partial charge in [0.05, 0.1) is 24.0 Å². The number of hydrogen-bond donors (Lipinski definition) is 0. The van der Waals surface area contributed by atoms with Gasteiger partial charge in [0.1, 0.15) is 11.6 Å². The Hall–Kier alpha value is 1.41. The fourth-order valence-electron chi connectivity index (χ4n) is 15.2. The van der Waals surface area contributed by atoms with Gasteiger partial charge in [0.2, 0.25) is 0 Å². The van der Waals surface area contributed by atoms with Crippen LogP contribution in [0.25, 0.3) is 0 Å². The van der Waals surface area contributed by atoms with E-state index in [0.29, 0.717) is 24.8 Å². The predicted molar refractivity (Wildman–Crippen MR) is 577 cm³/mol. The van der Waals surface area contributed by atoms with Crippen molar-refractivity contribution in [1.82, 2.24) is 0 Å². The molecule has 0 rings (SSSR count). The zero-order chi connectivity index (χ0) is 90.2. The maximum Gasteiger partial charge on any atom is 0.311 e. The highest BCUT2D eigenvalue weighted by atomic mass is 16.5. The number of hydrogen-bond acceptors (Lipinski definition) is 6. The Labute approximate surface area is 761 Å². The van der Waals surface area contributed by atoms with E-state index in [9.17, 15) is 19.2 Å². The van der Waals surface area contributed by atoms with Gasteiger partial charge in [0.25, 0.3) is 0 Å². The first-order chi connectivity index (χ1) is 53.0. The monoisotopic (exact) mass is 1440 g/mol. The second kappa shape index (κ2) is 65.9. The molecule has 0 spiro atoms. The van der Waals surface area contributed by atoms with Crippen LogP contribution in [0.2, 0.25) is 0 Å². The summed E-state index contributed by atoms with van der Waals surface area (Å²) in [5.41, 5.74) is -1.02. The maximum absolute atomic E-state index is 11.8. The van der Waals surface area contributed by atoms with Crippen LogP contribution in [0.1, 0.15) is 237 Å². The van der Waals surface area contributed by atoms with E-state index in [1.165, 1.54) is 71.3 Å². The number of carbonyl (C=O) groups excluding carboxylic acids is 4. The fourth-order valence-corrected chi connectivity index (χ4v) is 15.2. The Kier molecular flexibility index (Phi) is 70.3. The molecule has 0 aromatic heterocycles. The highest BCUT2D eigenvalue weighted by Gasteiger charge is 2.54. The molecule has 0 atom stereocenters. The molecule has 0 heterocycles. The number of Topliss-reactive ketones (excluding diaryl/α,β-unsaturated/α-hetero) is 2. The largest absolute Gasteiger partial charge is 0.466 e. The predicted octanol–water partition coefficient (Wildman–Crippen LogP) is -8.16. The van der Waals surface area contributed by atoms with Crippen molar-refractivity contribution in [3.63, 3.8) is 0 Å². The van der Waals surface area contributed by atoms with Crippen LogP contribution in [-0.2, 0) is 28.7 Å². The van der Waals surface area contributed by atoms with Crippen LogP contribution in [0.3, 0.4) is 0 Å². The van der Waals surface area contributed by atoms with E-state index in [4.69, 9.17) is 249 Å². The Balaban J connectivity index is -0.000000715. The molecule has 0 saturated heterocycles. The van der Waals surface area contributed by atoms with E-state index in [1.54, 1.807) is 13.8 Å². The third kappa shape index (κ3) is 50.5. The van der Waals surface area contributed by atoms with Crippen molar-refractivity contribution < 1.29 is 28.7 Å². The zero-order valence-electron chi connectivity index (χ0n) is 73.1. The first-order valence-electron chi connectivity index (χ1n) is 41.7. The minimum absolute atomic E-state index is 0.0690. The number of allylic oxidation sites excluding steroid dienone is 2. The smallest absolute Gasteiger partial charge is 0.311 e. The van der Waals surface area contributed by atoms with Crippen molar-refractivity contribution >= 4 is 443 Å². The third-order valence-corrected chi connectivity index (χ3v) is 22.7. The van der Waals surface area contributed by atoms with Gasteiger partial charge < -0.3 is 9.47 Å². The molecular weight excluding hydrogens is 1330 g/mol. The number of ether oxygens (including phenoxy) is 2. The molecule has 6 nitrogen and oxygen atoms in total. The molecule has 0 saturated carbocycles. The Morgan fingerprint density at radius 2 is 0.470 bits per heavy atom. The Morgan fingerprint density at radius 3 is 0.661 bits per heavy atom. The van der Waals surface area contributed by atoms with Crippen molar-refractivity contribution in [2.75, 3.05) is 13.2 Å². The summed E-state index contributed by atoms with van der Waals surface area (Å²) in [6, 6.07) is 0. The second-order valence-corrected chi connectivity index (χ2v) is 34.4. The molecule has 0 aliphatic rings. The van der Waals surface area contributed by atoms with Gasteiger partial charge >= 0.3 is 11.9 Å². The lowest BCUT2D eigenvalue weighted by Crippen LogP contribution is -2.88. The number of esters is 2. The second-order valence-electron chi connectivity index (χ2n) is 34.4. The SMILES string of the molecule is CCOC(=O)C(C)(C)CCCCCC/C=C\CCCCCCC(C)(C)C(C)=O.CCOC(=O)C(C)(C)CCCCCCC#CCCCCCCC(C)(C)C(C)=O.[B]B([B])B(B([B])[B])B(B(B([B])[B])B([B])[B])B(B(B([B])[B])B([B])[B])B(B([B])[B])B([B])[B].[B][B]B(B([B])[B])B(B(B([B])[B])B([B])[B])B(B(B([B])[B])B([B])[B])B(B([B])[B])B([B])[B]. The summed E-state index contributed by atoms with van der Waals surface area (Å²) < 4.78 is 10.3. The lowest BCUT2D eigenvalue weighted by atomic mass is 8.31. The van der Waals surface area contributed by atoms with Crippen LogP contribution in [-0.4, -0.2) is 456 Å². The molecule has 503 valence electrons. The van der Waals surface area contributed by atoms with Crippen molar-refractivity contribution in [2.45, 2.75) is 237 Å². The summed E-state index contributed by atoms with van der Waals surface area (Å²) in [6.07, 6.45) is 6.05. The van der Waals surface area contributed by atoms with Crippen LogP contribution in [0, 0.1) is 33.5 Å². The normalized spacial score (nSPS) is 10.7. The van der Waals surface area contributed by atoms with Gasteiger partial charge in [0.15, 0.2) is 0 Å². The molecule has 115 heavy (non-hydrogen) atoms. The summed E-state index contributed by atoms with van der Waals surface area (Å²) in [5.74, 6) is 7.03. The van der Waals surface area contributed by atoms with Crippen LogP contribution in [0.15, 0.2) is 12.2 Å². The lowest BCUT2D eigenvalue weighted by Gasteiger charge is -2.50. The standard InChI is InChI=1S/C25H46O3.C25H44O3.B30.B29/c2*1-7-28-23(27)25(5,6)21-19-17-15-13-11-9-8-10-12-14-16-18-20-24(3,4)22(2)26;1-17(2)25(18(3)4)29(26(19(5)6)20(7)8)30(27(21(9)10)22(11)12)28(23(13)14)24(15)16;1-16-24(17(2)3)28(25(18(4)5)19(6)7)29(26(20(8)9)21(10)11)27(22(12)13)23(14)15/h8-9H,7,10-21H2,1-6H3;7,10-21H2,1-6H3;;/b9-8-;;;. The van der Waals surface area contributed by atoms with E-state index < -0.39 is 172 Å². The van der Waals surface area contributed by atoms with Crippen molar-refractivity contribution in [3.8, 4) is 11.8 Å². The Bertz CT molecular complexity index is 2460. The quantitative estimate of drug-likeness (QED) is 0.0198. The highest BCUT2D eigenvalue weighted by molar-refractivity contribution is 8.29. The minimum Gasteiger partial charge on any atom is -0.466 e. The maximum atomic E-state index is 11.8. The zero-order valence-corrected chi connectivity index (χ0v) is 73.1. The van der Waals surface area contributed by atoms with Crippen LogP contribution < -0.4 is 0 Å². The fraction of sp³-hybridized carbons (Fsp3) is 0.840. The first-order valence-corrected chi connectivity index (χ1v) is 41.7. The highest BCUT2D eigenvalue weighted by Crippen LogP contribution is 2.29. The average molecular weight is 1430 g/mol. The van der Waals surface area contributed by atoms with E-state index in [1.807, 2.05) is 55.4 Å². The van der Waals surface area contributed by atoms with E-state index in [-0.39, 0.29) is 33.6 Å². The number of rotatable bonds is 58. The minimum atomic E-state index is -1.07. The molecular formula is C50H90B59O6. The van der Waals surface area contributed by atoms with Crippen molar-refractivity contribution in [1.29, 1.82) is 0 Å².